The third kappa shape index (κ3) is 2.97. The van der Waals surface area contributed by atoms with Crippen LogP contribution in [0.25, 0.3) is 0 Å². The van der Waals surface area contributed by atoms with Gasteiger partial charge in [-0.2, -0.15) is 0 Å². The highest BCUT2D eigenvalue weighted by atomic mass is 15.2. The molecular weight excluding hydrogens is 210 g/mol. The van der Waals surface area contributed by atoms with Crippen LogP contribution in [0, 0.1) is 5.92 Å². The summed E-state index contributed by atoms with van der Waals surface area (Å²) in [6.07, 6.45) is 7.36. The smallest absolute Gasteiger partial charge is 0.133 e. The molecular formula is C14H23N3. The largest absolute Gasteiger partial charge is 0.359 e. The lowest BCUT2D eigenvalue weighted by atomic mass is 10.1. The first-order chi connectivity index (χ1) is 8.18. The molecule has 1 heterocycles. The molecule has 17 heavy (non-hydrogen) atoms. The van der Waals surface area contributed by atoms with Gasteiger partial charge in [-0.3, -0.25) is 0 Å². The molecule has 1 aliphatic carbocycles. The number of hydrogen-bond donors (Lipinski definition) is 1. The molecule has 3 nitrogen and oxygen atoms in total. The summed E-state index contributed by atoms with van der Waals surface area (Å²) in [4.78, 5) is 6.76. The Bertz CT molecular complexity index is 356. The van der Waals surface area contributed by atoms with Crippen LogP contribution in [-0.4, -0.2) is 18.6 Å². The number of pyridine rings is 1. The third-order valence-electron chi connectivity index (χ3n) is 3.68. The zero-order valence-corrected chi connectivity index (χ0v) is 10.9. The maximum atomic E-state index is 5.99. The molecule has 0 aromatic carbocycles. The van der Waals surface area contributed by atoms with Gasteiger partial charge in [0.25, 0.3) is 0 Å². The van der Waals surface area contributed by atoms with Crippen LogP contribution in [0.3, 0.4) is 0 Å². The Kier molecular flexibility index (Phi) is 4.00. The van der Waals surface area contributed by atoms with E-state index in [1.54, 1.807) is 0 Å². The molecule has 0 spiro atoms. The van der Waals surface area contributed by atoms with E-state index in [1.807, 2.05) is 19.2 Å². The Morgan fingerprint density at radius 1 is 1.47 bits per heavy atom. The molecule has 1 aromatic heterocycles. The molecule has 0 aliphatic heterocycles. The van der Waals surface area contributed by atoms with Crippen LogP contribution < -0.4 is 10.6 Å². The van der Waals surface area contributed by atoms with Gasteiger partial charge in [-0.05, 0) is 31.7 Å². The minimum atomic E-state index is 0.0460. The van der Waals surface area contributed by atoms with Crippen molar-refractivity contribution in [2.24, 2.45) is 11.7 Å². The molecule has 0 amide bonds. The van der Waals surface area contributed by atoms with Crippen molar-refractivity contribution in [2.45, 2.75) is 38.6 Å². The Morgan fingerprint density at radius 2 is 2.18 bits per heavy atom. The second-order valence-electron chi connectivity index (χ2n) is 5.24. The first-order valence-electron chi connectivity index (χ1n) is 6.60. The van der Waals surface area contributed by atoms with Crippen LogP contribution in [0.5, 0.6) is 0 Å². The van der Waals surface area contributed by atoms with Gasteiger partial charge in [-0.25, -0.2) is 4.98 Å². The van der Waals surface area contributed by atoms with E-state index in [9.17, 15) is 0 Å². The van der Waals surface area contributed by atoms with Gasteiger partial charge in [0.05, 0.1) is 0 Å². The minimum Gasteiger partial charge on any atom is -0.359 e. The number of nitrogens with two attached hydrogens (primary N) is 1. The average molecular weight is 233 g/mol. The lowest BCUT2D eigenvalue weighted by molar-refractivity contribution is 0.543. The van der Waals surface area contributed by atoms with Gasteiger partial charge in [0.15, 0.2) is 0 Å². The zero-order chi connectivity index (χ0) is 12.3. The molecule has 0 saturated heterocycles. The Balaban J connectivity index is 2.09. The molecule has 2 N–H and O–H groups in total. The first-order valence-corrected chi connectivity index (χ1v) is 6.60. The average Bonchev–Trinajstić information content (AvgIpc) is 2.81. The topological polar surface area (TPSA) is 42.1 Å². The molecule has 3 heteroatoms. The van der Waals surface area contributed by atoms with E-state index in [2.05, 4.69) is 23.0 Å². The highest BCUT2D eigenvalue weighted by Crippen LogP contribution is 2.28. The summed E-state index contributed by atoms with van der Waals surface area (Å²) in [7, 11) is 2.13. The normalized spacial score (nSPS) is 18.3. The molecule has 94 valence electrons. The number of hydrogen-bond acceptors (Lipinski definition) is 3. The SMILES string of the molecule is C[C@@H](N)c1cccnc1N(C)CC1CCCC1. The van der Waals surface area contributed by atoms with Gasteiger partial charge >= 0.3 is 0 Å². The summed E-state index contributed by atoms with van der Waals surface area (Å²) < 4.78 is 0. The third-order valence-corrected chi connectivity index (χ3v) is 3.68. The minimum absolute atomic E-state index is 0.0460. The van der Waals surface area contributed by atoms with Gasteiger partial charge in [0.2, 0.25) is 0 Å². The molecule has 1 saturated carbocycles. The lowest BCUT2D eigenvalue weighted by Gasteiger charge is -2.25. The standard InChI is InChI=1S/C14H23N3/c1-11(15)13-8-5-9-16-14(13)17(2)10-12-6-3-4-7-12/h5,8-9,11-12H,3-4,6-7,10,15H2,1-2H3/t11-/m1/s1. The van der Waals surface area contributed by atoms with E-state index < -0.39 is 0 Å². The summed E-state index contributed by atoms with van der Waals surface area (Å²) in [5, 5.41) is 0. The van der Waals surface area contributed by atoms with E-state index in [-0.39, 0.29) is 6.04 Å². The molecule has 1 atom stereocenters. The number of aromatic nitrogens is 1. The quantitative estimate of drug-likeness (QED) is 0.869. The van der Waals surface area contributed by atoms with Crippen LogP contribution in [0.4, 0.5) is 5.82 Å². The van der Waals surface area contributed by atoms with Crippen molar-refractivity contribution in [2.75, 3.05) is 18.5 Å². The van der Waals surface area contributed by atoms with Gasteiger partial charge < -0.3 is 10.6 Å². The number of rotatable bonds is 4. The van der Waals surface area contributed by atoms with E-state index in [0.717, 1.165) is 23.8 Å². The number of nitrogens with zero attached hydrogens (tertiary/aromatic N) is 2. The molecule has 1 fully saturated rings. The Labute approximate surface area is 104 Å². The molecule has 1 aliphatic rings. The molecule has 0 radical (unpaired) electrons. The molecule has 1 aromatic rings. The van der Waals surface area contributed by atoms with Gasteiger partial charge in [-0.15, -0.1) is 0 Å². The van der Waals surface area contributed by atoms with Crippen LogP contribution in [0.15, 0.2) is 18.3 Å². The van der Waals surface area contributed by atoms with Crippen LogP contribution in [0.1, 0.15) is 44.2 Å². The van der Waals surface area contributed by atoms with Crippen molar-refractivity contribution in [1.82, 2.24) is 4.98 Å². The second kappa shape index (κ2) is 5.50. The zero-order valence-electron chi connectivity index (χ0n) is 10.9. The van der Waals surface area contributed by atoms with Gasteiger partial charge in [0.1, 0.15) is 5.82 Å². The van der Waals surface area contributed by atoms with Crippen molar-refractivity contribution < 1.29 is 0 Å². The monoisotopic (exact) mass is 233 g/mol. The summed E-state index contributed by atoms with van der Waals surface area (Å²) in [6, 6.07) is 4.09. The van der Waals surface area contributed by atoms with Crippen molar-refractivity contribution in [3.63, 3.8) is 0 Å². The predicted octanol–water partition coefficient (Wildman–Crippen LogP) is 2.73. The fourth-order valence-corrected chi connectivity index (χ4v) is 2.75. The van der Waals surface area contributed by atoms with Crippen molar-refractivity contribution in [1.29, 1.82) is 0 Å². The predicted molar refractivity (Wildman–Crippen MR) is 72.1 cm³/mol. The van der Waals surface area contributed by atoms with Crippen LogP contribution >= 0.6 is 0 Å². The first kappa shape index (κ1) is 12.4. The van der Waals surface area contributed by atoms with E-state index in [1.165, 1.54) is 25.7 Å². The molecule has 2 rings (SSSR count). The fourth-order valence-electron chi connectivity index (χ4n) is 2.75. The van der Waals surface area contributed by atoms with E-state index in [0.29, 0.717) is 0 Å². The summed E-state index contributed by atoms with van der Waals surface area (Å²) in [5.74, 6) is 1.89. The lowest BCUT2D eigenvalue weighted by Crippen LogP contribution is -2.27. The molecule has 0 bridgehead atoms. The summed E-state index contributed by atoms with van der Waals surface area (Å²) >= 11 is 0. The highest BCUT2D eigenvalue weighted by molar-refractivity contribution is 5.47. The van der Waals surface area contributed by atoms with Crippen molar-refractivity contribution in [3.8, 4) is 0 Å². The van der Waals surface area contributed by atoms with Crippen molar-refractivity contribution >= 4 is 5.82 Å². The number of anilines is 1. The summed E-state index contributed by atoms with van der Waals surface area (Å²) in [5.41, 5.74) is 7.14. The Morgan fingerprint density at radius 3 is 2.82 bits per heavy atom. The van der Waals surface area contributed by atoms with Crippen LogP contribution in [0.2, 0.25) is 0 Å². The highest BCUT2D eigenvalue weighted by Gasteiger charge is 2.19. The fraction of sp³-hybridized carbons (Fsp3) is 0.643. The van der Waals surface area contributed by atoms with Crippen LogP contribution in [-0.2, 0) is 0 Å². The maximum absolute atomic E-state index is 5.99. The maximum Gasteiger partial charge on any atom is 0.133 e. The van der Waals surface area contributed by atoms with E-state index >= 15 is 0 Å². The Hall–Kier alpha value is -1.09. The van der Waals surface area contributed by atoms with E-state index in [4.69, 9.17) is 5.73 Å². The van der Waals surface area contributed by atoms with Gasteiger partial charge in [0, 0.05) is 31.4 Å². The second-order valence-corrected chi connectivity index (χ2v) is 5.24. The molecule has 0 unspecified atom stereocenters. The van der Waals surface area contributed by atoms with Crippen molar-refractivity contribution in [3.05, 3.63) is 23.9 Å². The van der Waals surface area contributed by atoms with Gasteiger partial charge in [-0.1, -0.05) is 18.9 Å². The summed E-state index contributed by atoms with van der Waals surface area (Å²) in [6.45, 7) is 3.13.